The number of methoxy groups -OCH3 is 1. The Bertz CT molecular complexity index is 523. The number of rotatable bonds is 7. The average molecular weight is 291 g/mol. The molecule has 0 saturated heterocycles. The van der Waals surface area contributed by atoms with Gasteiger partial charge in [-0.3, -0.25) is 9.59 Å². The number of carbonyl (C=O) groups excluding carboxylic acids is 1. The van der Waals surface area contributed by atoms with Crippen LogP contribution in [0, 0.1) is 5.41 Å². The molecule has 5 nitrogen and oxygen atoms in total. The minimum atomic E-state index is -0.800. The number of amides is 1. The van der Waals surface area contributed by atoms with Gasteiger partial charge < -0.3 is 15.2 Å². The Hall–Kier alpha value is -1.88. The molecule has 0 bridgehead atoms. The molecule has 1 saturated carbocycles. The molecule has 0 atom stereocenters. The van der Waals surface area contributed by atoms with E-state index in [1.54, 1.807) is 19.2 Å². The van der Waals surface area contributed by atoms with Crippen molar-refractivity contribution < 1.29 is 19.4 Å². The van der Waals surface area contributed by atoms with Crippen molar-refractivity contribution in [2.45, 2.75) is 32.3 Å². The van der Waals surface area contributed by atoms with Gasteiger partial charge in [0.2, 0.25) is 0 Å². The summed E-state index contributed by atoms with van der Waals surface area (Å²) < 4.78 is 5.05. The minimum absolute atomic E-state index is 0.122. The van der Waals surface area contributed by atoms with E-state index in [0.717, 1.165) is 24.8 Å². The number of aliphatic carboxylic acids is 1. The van der Waals surface area contributed by atoms with E-state index in [9.17, 15) is 9.59 Å². The molecule has 0 unspecified atom stereocenters. The van der Waals surface area contributed by atoms with Crippen LogP contribution in [0.2, 0.25) is 0 Å². The van der Waals surface area contributed by atoms with Crippen molar-refractivity contribution in [1.82, 2.24) is 5.32 Å². The zero-order chi connectivity index (χ0) is 15.3. The highest BCUT2D eigenvalue weighted by Crippen LogP contribution is 2.43. The average Bonchev–Trinajstić information content (AvgIpc) is 2.41. The predicted octanol–water partition coefficient (Wildman–Crippen LogP) is 2.21. The van der Waals surface area contributed by atoms with E-state index in [1.807, 2.05) is 12.1 Å². The third kappa shape index (κ3) is 4.04. The van der Waals surface area contributed by atoms with E-state index in [4.69, 9.17) is 9.84 Å². The summed E-state index contributed by atoms with van der Waals surface area (Å²) in [7, 11) is 1.61. The maximum absolute atomic E-state index is 12.2. The first-order chi connectivity index (χ1) is 10.0. The number of ether oxygens (including phenoxy) is 1. The molecular weight excluding hydrogens is 270 g/mol. The highest BCUT2D eigenvalue weighted by atomic mass is 16.5. The Balaban J connectivity index is 1.95. The molecule has 0 aromatic heterocycles. The maximum Gasteiger partial charge on any atom is 0.303 e. The summed E-state index contributed by atoms with van der Waals surface area (Å²) in [4.78, 5) is 23.1. The summed E-state index contributed by atoms with van der Waals surface area (Å²) in [6.45, 7) is 0.886. The second kappa shape index (κ2) is 6.72. The predicted molar refractivity (Wildman–Crippen MR) is 78.0 cm³/mol. The Morgan fingerprint density at radius 1 is 1.38 bits per heavy atom. The summed E-state index contributed by atoms with van der Waals surface area (Å²) in [5, 5.41) is 11.8. The smallest absolute Gasteiger partial charge is 0.303 e. The number of carboxylic acid groups (broad SMARTS) is 1. The first-order valence-corrected chi connectivity index (χ1v) is 7.13. The number of nitrogens with one attached hydrogen (secondary N) is 1. The molecule has 114 valence electrons. The van der Waals surface area contributed by atoms with Crippen molar-refractivity contribution in [2.24, 2.45) is 5.41 Å². The van der Waals surface area contributed by atoms with Gasteiger partial charge in [0.15, 0.2) is 0 Å². The molecule has 21 heavy (non-hydrogen) atoms. The fourth-order valence-corrected chi connectivity index (χ4v) is 2.75. The van der Waals surface area contributed by atoms with Crippen LogP contribution in [-0.2, 0) is 16.1 Å². The highest BCUT2D eigenvalue weighted by molar-refractivity contribution is 5.94. The summed E-state index contributed by atoms with van der Waals surface area (Å²) >= 11 is 0. The van der Waals surface area contributed by atoms with E-state index in [-0.39, 0.29) is 17.7 Å². The van der Waals surface area contributed by atoms with Gasteiger partial charge in [0.25, 0.3) is 5.91 Å². The van der Waals surface area contributed by atoms with Crippen LogP contribution >= 0.6 is 0 Å². The molecular formula is C16H21NO4. The van der Waals surface area contributed by atoms with Crippen LogP contribution in [0.15, 0.2) is 24.3 Å². The van der Waals surface area contributed by atoms with Gasteiger partial charge >= 0.3 is 5.97 Å². The van der Waals surface area contributed by atoms with E-state index < -0.39 is 5.97 Å². The lowest BCUT2D eigenvalue weighted by Gasteiger charge is -2.40. The van der Waals surface area contributed by atoms with Crippen molar-refractivity contribution in [3.05, 3.63) is 35.4 Å². The molecule has 2 N–H and O–H groups in total. The fraction of sp³-hybridized carbons (Fsp3) is 0.500. The molecule has 0 aliphatic heterocycles. The lowest BCUT2D eigenvalue weighted by Crippen LogP contribution is -2.43. The molecule has 1 fully saturated rings. The molecule has 0 heterocycles. The Labute approximate surface area is 124 Å². The van der Waals surface area contributed by atoms with Crippen molar-refractivity contribution in [3.8, 4) is 0 Å². The van der Waals surface area contributed by atoms with Gasteiger partial charge in [-0.25, -0.2) is 0 Å². The molecule has 0 spiro atoms. The molecule has 1 aliphatic rings. The Kier molecular flexibility index (Phi) is 4.96. The molecule has 5 heteroatoms. The second-order valence-corrected chi connectivity index (χ2v) is 5.74. The van der Waals surface area contributed by atoms with E-state index in [2.05, 4.69) is 5.32 Å². The molecule has 1 aromatic carbocycles. The van der Waals surface area contributed by atoms with E-state index in [1.165, 1.54) is 0 Å². The maximum atomic E-state index is 12.2. The number of carbonyl (C=O) groups is 2. The van der Waals surface area contributed by atoms with Crippen LogP contribution in [0.5, 0.6) is 0 Å². The van der Waals surface area contributed by atoms with Crippen LogP contribution in [0.3, 0.4) is 0 Å². The van der Waals surface area contributed by atoms with Gasteiger partial charge in [0.05, 0.1) is 13.0 Å². The van der Waals surface area contributed by atoms with E-state index in [0.29, 0.717) is 18.7 Å². The zero-order valence-corrected chi connectivity index (χ0v) is 12.2. The summed E-state index contributed by atoms with van der Waals surface area (Å²) in [6, 6.07) is 7.26. The standard InChI is InChI=1S/C16H21NO4/c1-21-10-12-4-2-5-13(8-12)15(20)17-11-16(6-3-7-16)9-14(18)19/h2,4-5,8H,3,6-7,9-11H2,1H3,(H,17,20)(H,18,19). The van der Waals surface area contributed by atoms with Crippen LogP contribution in [0.1, 0.15) is 41.6 Å². The molecule has 2 rings (SSSR count). The molecule has 1 amide bonds. The largest absolute Gasteiger partial charge is 0.481 e. The van der Waals surface area contributed by atoms with Gasteiger partial charge in [-0.05, 0) is 36.0 Å². The van der Waals surface area contributed by atoms with Gasteiger partial charge in [-0.2, -0.15) is 0 Å². The summed E-state index contributed by atoms with van der Waals surface area (Å²) in [5.41, 5.74) is 1.26. The summed E-state index contributed by atoms with van der Waals surface area (Å²) in [5.74, 6) is -0.962. The van der Waals surface area contributed by atoms with Crippen molar-refractivity contribution in [3.63, 3.8) is 0 Å². The monoisotopic (exact) mass is 291 g/mol. The third-order valence-corrected chi connectivity index (χ3v) is 4.06. The van der Waals surface area contributed by atoms with Crippen LogP contribution in [0.4, 0.5) is 0 Å². The van der Waals surface area contributed by atoms with Crippen LogP contribution in [-0.4, -0.2) is 30.6 Å². The van der Waals surface area contributed by atoms with Crippen molar-refractivity contribution in [1.29, 1.82) is 0 Å². The SMILES string of the molecule is COCc1cccc(C(=O)NCC2(CC(=O)O)CCC2)c1. The number of hydrogen-bond donors (Lipinski definition) is 2. The highest BCUT2D eigenvalue weighted by Gasteiger charge is 2.39. The lowest BCUT2D eigenvalue weighted by molar-refractivity contribution is -0.141. The lowest BCUT2D eigenvalue weighted by atomic mass is 9.66. The normalized spacial score (nSPS) is 16.0. The molecule has 1 aromatic rings. The van der Waals surface area contributed by atoms with Gasteiger partial charge in [-0.1, -0.05) is 18.6 Å². The zero-order valence-electron chi connectivity index (χ0n) is 12.2. The second-order valence-electron chi connectivity index (χ2n) is 5.74. The van der Waals surface area contributed by atoms with Gasteiger partial charge in [0, 0.05) is 19.2 Å². The molecule has 0 radical (unpaired) electrons. The quantitative estimate of drug-likeness (QED) is 0.807. The fourth-order valence-electron chi connectivity index (χ4n) is 2.75. The van der Waals surface area contributed by atoms with Gasteiger partial charge in [-0.15, -0.1) is 0 Å². The number of hydrogen-bond acceptors (Lipinski definition) is 3. The van der Waals surface area contributed by atoms with E-state index >= 15 is 0 Å². The van der Waals surface area contributed by atoms with Crippen LogP contribution < -0.4 is 5.32 Å². The van der Waals surface area contributed by atoms with Crippen molar-refractivity contribution >= 4 is 11.9 Å². The summed E-state index contributed by atoms with van der Waals surface area (Å²) in [6.07, 6.45) is 2.88. The number of carboxylic acids is 1. The molecule has 1 aliphatic carbocycles. The van der Waals surface area contributed by atoms with Crippen LogP contribution in [0.25, 0.3) is 0 Å². The van der Waals surface area contributed by atoms with Crippen molar-refractivity contribution in [2.75, 3.05) is 13.7 Å². The minimum Gasteiger partial charge on any atom is -0.481 e. The first kappa shape index (κ1) is 15.5. The van der Waals surface area contributed by atoms with Gasteiger partial charge in [0.1, 0.15) is 0 Å². The number of benzene rings is 1. The Morgan fingerprint density at radius 3 is 2.71 bits per heavy atom. The first-order valence-electron chi connectivity index (χ1n) is 7.13. The Morgan fingerprint density at radius 2 is 2.14 bits per heavy atom. The topological polar surface area (TPSA) is 75.6 Å². The third-order valence-electron chi connectivity index (χ3n) is 4.06.